The van der Waals surface area contributed by atoms with Crippen molar-refractivity contribution < 1.29 is 19.2 Å². The van der Waals surface area contributed by atoms with E-state index in [4.69, 9.17) is 0 Å². The second-order valence-electron chi connectivity index (χ2n) is 14.5. The van der Waals surface area contributed by atoms with Crippen molar-refractivity contribution in [2.45, 2.75) is 162 Å². The summed E-state index contributed by atoms with van der Waals surface area (Å²) in [7, 11) is 0. The SMILES string of the molecule is CCCCCCCCCCCCCCCCCCNC(=O)[C@@H](NC(=O)[C@@H]([C@@H](C)CC)N1C(=O)c2cc3ccccc3cc2C1=O)[C@@H](C)CC. The number of amides is 4. The second kappa shape index (κ2) is 21.8. The fourth-order valence-electron chi connectivity index (χ4n) is 6.99. The van der Waals surface area contributed by atoms with Crippen LogP contribution in [-0.4, -0.2) is 47.2 Å². The molecule has 7 nitrogen and oxygen atoms in total. The van der Waals surface area contributed by atoms with Gasteiger partial charge in [-0.2, -0.15) is 0 Å². The third-order valence-corrected chi connectivity index (χ3v) is 10.6. The van der Waals surface area contributed by atoms with Crippen LogP contribution in [0.5, 0.6) is 0 Å². The molecule has 0 bridgehead atoms. The van der Waals surface area contributed by atoms with Gasteiger partial charge in [-0.25, -0.2) is 0 Å². The molecular weight excluding hydrogens is 610 g/mol. The van der Waals surface area contributed by atoms with Crippen molar-refractivity contribution in [1.82, 2.24) is 15.5 Å². The molecule has 1 aliphatic rings. The number of carbonyl (C=O) groups is 4. The molecule has 0 fully saturated rings. The number of imide groups is 1. The fourth-order valence-corrected chi connectivity index (χ4v) is 6.99. The smallest absolute Gasteiger partial charge is 0.262 e. The van der Waals surface area contributed by atoms with Crippen molar-refractivity contribution in [3.63, 3.8) is 0 Å². The summed E-state index contributed by atoms with van der Waals surface area (Å²) in [6.07, 6.45) is 22.1. The first-order chi connectivity index (χ1) is 23.7. The summed E-state index contributed by atoms with van der Waals surface area (Å²) in [5.41, 5.74) is 0.639. The molecule has 0 aromatic heterocycles. The largest absolute Gasteiger partial charge is 0.354 e. The minimum absolute atomic E-state index is 0.111. The Labute approximate surface area is 296 Å². The first kappa shape index (κ1) is 40.2. The van der Waals surface area contributed by atoms with E-state index in [2.05, 4.69) is 17.6 Å². The first-order valence-electron chi connectivity index (χ1n) is 19.7. The Morgan fingerprint density at radius 3 is 1.47 bits per heavy atom. The molecule has 0 saturated carbocycles. The molecule has 2 aromatic carbocycles. The molecule has 3 rings (SSSR count). The highest BCUT2D eigenvalue weighted by Gasteiger charge is 2.45. The van der Waals surface area contributed by atoms with Gasteiger partial charge < -0.3 is 10.6 Å². The van der Waals surface area contributed by atoms with E-state index in [1.807, 2.05) is 52.0 Å². The van der Waals surface area contributed by atoms with Gasteiger partial charge in [-0.3, -0.25) is 24.1 Å². The van der Waals surface area contributed by atoms with E-state index < -0.39 is 29.8 Å². The van der Waals surface area contributed by atoms with Gasteiger partial charge in [-0.05, 0) is 41.2 Å². The highest BCUT2D eigenvalue weighted by Crippen LogP contribution is 2.32. The number of hydrogen-bond acceptors (Lipinski definition) is 4. The van der Waals surface area contributed by atoms with Crippen LogP contribution in [0.3, 0.4) is 0 Å². The average Bonchev–Trinajstić information content (AvgIpc) is 3.34. The zero-order valence-electron chi connectivity index (χ0n) is 31.3. The summed E-state index contributed by atoms with van der Waals surface area (Å²) in [5.74, 6) is -1.99. The zero-order chi connectivity index (χ0) is 35.6. The van der Waals surface area contributed by atoms with Crippen LogP contribution in [0.1, 0.15) is 171 Å². The molecule has 4 amide bonds. The maximum atomic E-state index is 13.9. The van der Waals surface area contributed by atoms with Crippen LogP contribution in [0.15, 0.2) is 36.4 Å². The zero-order valence-corrected chi connectivity index (χ0v) is 31.3. The van der Waals surface area contributed by atoms with Gasteiger partial charge in [-0.15, -0.1) is 0 Å². The van der Waals surface area contributed by atoms with Crippen LogP contribution in [0.25, 0.3) is 10.8 Å². The molecule has 49 heavy (non-hydrogen) atoms. The molecule has 2 N–H and O–H groups in total. The van der Waals surface area contributed by atoms with Gasteiger partial charge in [0.1, 0.15) is 12.1 Å². The van der Waals surface area contributed by atoms with Crippen molar-refractivity contribution in [2.75, 3.05) is 6.54 Å². The van der Waals surface area contributed by atoms with Gasteiger partial charge in [0.15, 0.2) is 0 Å². The van der Waals surface area contributed by atoms with Crippen LogP contribution in [0, 0.1) is 11.8 Å². The molecule has 1 aliphatic heterocycles. The van der Waals surface area contributed by atoms with Crippen molar-refractivity contribution in [3.05, 3.63) is 47.5 Å². The summed E-state index contributed by atoms with van der Waals surface area (Å²) in [4.78, 5) is 55.8. The van der Waals surface area contributed by atoms with Gasteiger partial charge in [0.05, 0.1) is 11.1 Å². The number of rotatable bonds is 25. The maximum absolute atomic E-state index is 13.9. The molecule has 7 heteroatoms. The lowest BCUT2D eigenvalue weighted by Gasteiger charge is -2.32. The molecule has 0 aliphatic carbocycles. The summed E-state index contributed by atoms with van der Waals surface area (Å²) < 4.78 is 0. The summed E-state index contributed by atoms with van der Waals surface area (Å²) in [6, 6.07) is 9.32. The average molecular weight is 676 g/mol. The molecule has 4 atom stereocenters. The predicted octanol–water partition coefficient (Wildman–Crippen LogP) is 9.76. The Balaban J connectivity index is 1.43. The molecule has 0 saturated heterocycles. The van der Waals surface area contributed by atoms with E-state index in [0.29, 0.717) is 30.5 Å². The maximum Gasteiger partial charge on any atom is 0.262 e. The Morgan fingerprint density at radius 1 is 0.612 bits per heavy atom. The van der Waals surface area contributed by atoms with Gasteiger partial charge in [0, 0.05) is 6.54 Å². The quantitative estimate of drug-likeness (QED) is 0.0809. The van der Waals surface area contributed by atoms with Gasteiger partial charge in [-0.1, -0.05) is 168 Å². The lowest BCUT2D eigenvalue weighted by molar-refractivity contribution is -0.133. The molecule has 1 heterocycles. The van der Waals surface area contributed by atoms with Crippen LogP contribution in [0.2, 0.25) is 0 Å². The number of hydrogen-bond donors (Lipinski definition) is 2. The second-order valence-corrected chi connectivity index (χ2v) is 14.5. The summed E-state index contributed by atoms with van der Waals surface area (Å²) in [5, 5.41) is 7.76. The van der Waals surface area contributed by atoms with Crippen molar-refractivity contribution in [3.8, 4) is 0 Å². The minimum Gasteiger partial charge on any atom is -0.354 e. The van der Waals surface area contributed by atoms with Gasteiger partial charge >= 0.3 is 0 Å². The van der Waals surface area contributed by atoms with Crippen molar-refractivity contribution in [2.24, 2.45) is 11.8 Å². The molecule has 2 aromatic rings. The molecule has 0 unspecified atom stereocenters. The summed E-state index contributed by atoms with van der Waals surface area (Å²) >= 11 is 0. The highest BCUT2D eigenvalue weighted by atomic mass is 16.2. The Morgan fingerprint density at radius 2 is 1.04 bits per heavy atom. The van der Waals surface area contributed by atoms with E-state index in [1.165, 1.54) is 89.9 Å². The van der Waals surface area contributed by atoms with Crippen LogP contribution in [0.4, 0.5) is 0 Å². The lowest BCUT2D eigenvalue weighted by atomic mass is 9.94. The number of benzene rings is 2. The molecule has 272 valence electrons. The fraction of sp³-hybridized carbons (Fsp3) is 0.667. The third-order valence-electron chi connectivity index (χ3n) is 10.6. The van der Waals surface area contributed by atoms with Gasteiger partial charge in [0.2, 0.25) is 11.8 Å². The van der Waals surface area contributed by atoms with Crippen LogP contribution < -0.4 is 10.6 Å². The topological polar surface area (TPSA) is 95.6 Å². The molecule has 0 spiro atoms. The Kier molecular flexibility index (Phi) is 17.9. The van der Waals surface area contributed by atoms with Crippen molar-refractivity contribution in [1.29, 1.82) is 0 Å². The molecular formula is C42H65N3O4. The lowest BCUT2D eigenvalue weighted by Crippen LogP contribution is -2.58. The minimum atomic E-state index is -1.01. The van der Waals surface area contributed by atoms with Crippen molar-refractivity contribution >= 4 is 34.4 Å². The number of carbonyl (C=O) groups excluding carboxylic acids is 4. The Hall–Kier alpha value is -3.22. The monoisotopic (exact) mass is 675 g/mol. The number of fused-ring (bicyclic) bond motifs is 2. The van der Waals surface area contributed by atoms with Gasteiger partial charge in [0.25, 0.3) is 11.8 Å². The van der Waals surface area contributed by atoms with Crippen LogP contribution in [-0.2, 0) is 9.59 Å². The third kappa shape index (κ3) is 12.0. The highest BCUT2D eigenvalue weighted by molar-refractivity contribution is 6.24. The standard InChI is InChI=1S/C42H65N3O4/c1-6-9-10-11-12-13-14-15-16-17-18-19-20-21-22-25-28-43-39(46)37(31(4)7-2)44-40(47)38(32(5)8-3)45-41(48)35-29-33-26-23-24-27-34(33)30-36(35)42(45)49/h23-24,26-27,29-32,37-38H,6-22,25,28H2,1-5H3,(H,43,46)(H,44,47)/t31-,32-,37-,38+/m0/s1. The number of unbranched alkanes of at least 4 members (excludes halogenated alkanes) is 15. The Bertz CT molecular complexity index is 1290. The van der Waals surface area contributed by atoms with Crippen LogP contribution >= 0.6 is 0 Å². The van der Waals surface area contributed by atoms with E-state index in [1.54, 1.807) is 12.1 Å². The van der Waals surface area contributed by atoms with E-state index >= 15 is 0 Å². The first-order valence-corrected chi connectivity index (χ1v) is 19.7. The molecule has 0 radical (unpaired) electrons. The van der Waals surface area contributed by atoms with E-state index in [-0.39, 0.29) is 17.7 Å². The van der Waals surface area contributed by atoms with E-state index in [9.17, 15) is 19.2 Å². The summed E-state index contributed by atoms with van der Waals surface area (Å²) in [6.45, 7) is 10.6. The predicted molar refractivity (Wildman–Crippen MR) is 202 cm³/mol. The van der Waals surface area contributed by atoms with E-state index in [0.717, 1.165) is 28.5 Å². The normalized spacial score (nSPS) is 15.2. The number of nitrogens with zero attached hydrogens (tertiary/aromatic N) is 1. The number of nitrogens with one attached hydrogen (secondary N) is 2.